The largest absolute Gasteiger partial charge is 0.316 e. The van der Waals surface area contributed by atoms with Gasteiger partial charge in [-0.1, -0.05) is 34.6 Å². The van der Waals surface area contributed by atoms with Gasteiger partial charge in [-0.3, -0.25) is 4.79 Å². The third-order valence-electron chi connectivity index (χ3n) is 2.42. The van der Waals surface area contributed by atoms with Gasteiger partial charge in [0.1, 0.15) is 5.78 Å². The SMILES string of the molecule is CCNCCS[C@H](CC(C)C)C(=O)C(C)C. The lowest BCUT2D eigenvalue weighted by molar-refractivity contribution is -0.121. The van der Waals surface area contributed by atoms with Crippen LogP contribution in [0.3, 0.4) is 0 Å². The highest BCUT2D eigenvalue weighted by molar-refractivity contribution is 8.00. The average molecular weight is 245 g/mol. The predicted octanol–water partition coefficient (Wildman–Crippen LogP) is 2.97. The molecule has 0 rings (SSSR count). The van der Waals surface area contributed by atoms with Gasteiger partial charge in [-0.05, 0) is 18.9 Å². The van der Waals surface area contributed by atoms with Crippen LogP contribution in [0.5, 0.6) is 0 Å². The van der Waals surface area contributed by atoms with E-state index in [1.165, 1.54) is 0 Å². The fraction of sp³-hybridized carbons (Fsp3) is 0.923. The summed E-state index contributed by atoms with van der Waals surface area (Å²) in [4.78, 5) is 12.0. The smallest absolute Gasteiger partial charge is 0.148 e. The summed E-state index contributed by atoms with van der Waals surface area (Å²) in [6.07, 6.45) is 1.01. The fourth-order valence-corrected chi connectivity index (χ4v) is 3.02. The highest BCUT2D eigenvalue weighted by Crippen LogP contribution is 2.22. The molecule has 0 aliphatic carbocycles. The van der Waals surface area contributed by atoms with Gasteiger partial charge in [-0.25, -0.2) is 0 Å². The maximum absolute atomic E-state index is 12.0. The van der Waals surface area contributed by atoms with Crippen molar-refractivity contribution in [3.8, 4) is 0 Å². The van der Waals surface area contributed by atoms with Gasteiger partial charge in [0.05, 0.1) is 5.25 Å². The molecule has 0 aromatic carbocycles. The highest BCUT2D eigenvalue weighted by Gasteiger charge is 2.22. The van der Waals surface area contributed by atoms with Crippen LogP contribution in [0, 0.1) is 11.8 Å². The molecule has 2 nitrogen and oxygen atoms in total. The molecule has 0 unspecified atom stereocenters. The molecule has 96 valence electrons. The second-order valence-corrected chi connectivity index (χ2v) is 6.21. The molecule has 0 aromatic rings. The van der Waals surface area contributed by atoms with Crippen LogP contribution in [0.4, 0.5) is 0 Å². The Kier molecular flexibility index (Phi) is 9.04. The third kappa shape index (κ3) is 7.29. The van der Waals surface area contributed by atoms with Crippen LogP contribution < -0.4 is 5.32 Å². The molecule has 1 atom stereocenters. The van der Waals surface area contributed by atoms with Crippen LogP contribution in [-0.4, -0.2) is 29.9 Å². The molecule has 0 aliphatic rings. The van der Waals surface area contributed by atoms with Gasteiger partial charge >= 0.3 is 0 Å². The van der Waals surface area contributed by atoms with Crippen LogP contribution in [0.1, 0.15) is 41.0 Å². The lowest BCUT2D eigenvalue weighted by Gasteiger charge is -2.19. The zero-order chi connectivity index (χ0) is 12.6. The molecule has 3 heteroatoms. The number of carbonyl (C=O) groups excluding carboxylic acids is 1. The van der Waals surface area contributed by atoms with E-state index in [2.05, 4.69) is 26.1 Å². The van der Waals surface area contributed by atoms with E-state index in [9.17, 15) is 4.79 Å². The normalized spacial score (nSPS) is 13.4. The summed E-state index contributed by atoms with van der Waals surface area (Å²) in [6, 6.07) is 0. The average Bonchev–Trinajstić information content (AvgIpc) is 2.20. The van der Waals surface area contributed by atoms with Crippen molar-refractivity contribution in [2.24, 2.45) is 11.8 Å². The van der Waals surface area contributed by atoms with Crippen molar-refractivity contribution in [3.63, 3.8) is 0 Å². The van der Waals surface area contributed by atoms with E-state index in [1.807, 2.05) is 25.6 Å². The van der Waals surface area contributed by atoms with E-state index >= 15 is 0 Å². The van der Waals surface area contributed by atoms with Crippen molar-refractivity contribution in [3.05, 3.63) is 0 Å². The summed E-state index contributed by atoms with van der Waals surface area (Å²) in [7, 11) is 0. The van der Waals surface area contributed by atoms with Crippen LogP contribution in [0.25, 0.3) is 0 Å². The summed E-state index contributed by atoms with van der Waals surface area (Å²) in [5.41, 5.74) is 0. The van der Waals surface area contributed by atoms with Crippen molar-refractivity contribution in [2.75, 3.05) is 18.8 Å². The molecule has 0 spiro atoms. The minimum atomic E-state index is 0.162. The van der Waals surface area contributed by atoms with Crippen LogP contribution in [0.15, 0.2) is 0 Å². The van der Waals surface area contributed by atoms with Crippen molar-refractivity contribution in [1.29, 1.82) is 0 Å². The third-order valence-corrected chi connectivity index (χ3v) is 3.69. The van der Waals surface area contributed by atoms with Crippen LogP contribution in [-0.2, 0) is 4.79 Å². The Balaban J connectivity index is 4.05. The first-order valence-corrected chi connectivity index (χ1v) is 7.39. The van der Waals surface area contributed by atoms with Crippen molar-refractivity contribution < 1.29 is 4.79 Å². The molecule has 0 bridgehead atoms. The van der Waals surface area contributed by atoms with E-state index in [1.54, 1.807) is 0 Å². The number of Topliss-reactive ketones (excluding diaryl/α,β-unsaturated/α-hetero) is 1. The Hall–Kier alpha value is -0.0200. The minimum Gasteiger partial charge on any atom is -0.316 e. The summed E-state index contributed by atoms with van der Waals surface area (Å²) >= 11 is 1.81. The topological polar surface area (TPSA) is 29.1 Å². The maximum Gasteiger partial charge on any atom is 0.148 e. The Labute approximate surface area is 105 Å². The van der Waals surface area contributed by atoms with Crippen molar-refractivity contribution in [1.82, 2.24) is 5.32 Å². The quantitative estimate of drug-likeness (QED) is 0.633. The zero-order valence-electron chi connectivity index (χ0n) is 11.4. The number of thioether (sulfide) groups is 1. The minimum absolute atomic E-state index is 0.162. The molecule has 16 heavy (non-hydrogen) atoms. The van der Waals surface area contributed by atoms with Gasteiger partial charge in [-0.15, -0.1) is 11.8 Å². The number of carbonyl (C=O) groups is 1. The Morgan fingerprint density at radius 3 is 2.31 bits per heavy atom. The summed E-state index contributed by atoms with van der Waals surface area (Å²) in [5, 5.41) is 3.49. The van der Waals surface area contributed by atoms with Crippen LogP contribution >= 0.6 is 11.8 Å². The van der Waals surface area contributed by atoms with Gasteiger partial charge in [-0.2, -0.15) is 0 Å². The maximum atomic E-state index is 12.0. The molecule has 0 radical (unpaired) electrons. The summed E-state index contributed by atoms with van der Waals surface area (Å²) < 4.78 is 0. The Bertz CT molecular complexity index is 192. The summed E-state index contributed by atoms with van der Waals surface area (Å²) in [6.45, 7) is 12.5. The van der Waals surface area contributed by atoms with Gasteiger partial charge in [0.2, 0.25) is 0 Å². The van der Waals surface area contributed by atoms with Crippen molar-refractivity contribution in [2.45, 2.75) is 46.3 Å². The molecular weight excluding hydrogens is 218 g/mol. The van der Waals surface area contributed by atoms with Gasteiger partial charge < -0.3 is 5.32 Å². The molecular formula is C13H27NOS. The Morgan fingerprint density at radius 1 is 1.25 bits per heavy atom. The molecule has 1 N–H and O–H groups in total. The second-order valence-electron chi connectivity index (χ2n) is 4.90. The van der Waals surface area contributed by atoms with E-state index in [0.717, 1.165) is 25.3 Å². The molecule has 0 heterocycles. The zero-order valence-corrected chi connectivity index (χ0v) is 12.2. The van der Waals surface area contributed by atoms with E-state index in [4.69, 9.17) is 0 Å². The first-order valence-electron chi connectivity index (χ1n) is 6.35. The Morgan fingerprint density at radius 2 is 1.88 bits per heavy atom. The molecule has 0 fully saturated rings. The van der Waals surface area contributed by atoms with E-state index < -0.39 is 0 Å². The standard InChI is InChI=1S/C13H27NOS/c1-6-14-7-8-16-12(9-10(2)3)13(15)11(4)5/h10-12,14H,6-9H2,1-5H3/t12-/m1/s1. The van der Waals surface area contributed by atoms with Gasteiger partial charge in [0.25, 0.3) is 0 Å². The summed E-state index contributed by atoms with van der Waals surface area (Å²) in [5.74, 6) is 2.20. The fourth-order valence-electron chi connectivity index (χ4n) is 1.52. The van der Waals surface area contributed by atoms with Crippen molar-refractivity contribution >= 4 is 17.5 Å². The first kappa shape index (κ1) is 16.0. The number of hydrogen-bond donors (Lipinski definition) is 1. The van der Waals surface area contributed by atoms with E-state index in [0.29, 0.717) is 11.7 Å². The number of nitrogens with one attached hydrogen (secondary N) is 1. The highest BCUT2D eigenvalue weighted by atomic mass is 32.2. The molecule has 0 aromatic heterocycles. The van der Waals surface area contributed by atoms with Gasteiger partial charge in [0, 0.05) is 18.2 Å². The van der Waals surface area contributed by atoms with E-state index in [-0.39, 0.29) is 11.2 Å². The number of rotatable bonds is 9. The predicted molar refractivity (Wildman–Crippen MR) is 74.1 cm³/mol. The molecule has 0 saturated heterocycles. The second kappa shape index (κ2) is 9.06. The number of ketones is 1. The van der Waals surface area contributed by atoms with Gasteiger partial charge in [0.15, 0.2) is 0 Å². The lowest BCUT2D eigenvalue weighted by atomic mass is 9.99. The lowest BCUT2D eigenvalue weighted by Crippen LogP contribution is -2.26. The van der Waals surface area contributed by atoms with Crippen LogP contribution in [0.2, 0.25) is 0 Å². The monoisotopic (exact) mass is 245 g/mol. The molecule has 0 saturated carbocycles. The first-order chi connectivity index (χ1) is 7.49. The number of hydrogen-bond acceptors (Lipinski definition) is 3. The molecule has 0 aliphatic heterocycles. The molecule has 0 amide bonds.